The van der Waals surface area contributed by atoms with Crippen LogP contribution in [0, 0.1) is 0 Å². The predicted octanol–water partition coefficient (Wildman–Crippen LogP) is 3.35. The van der Waals surface area contributed by atoms with Crippen LogP contribution in [0.3, 0.4) is 0 Å². The van der Waals surface area contributed by atoms with Gasteiger partial charge in [0, 0.05) is 29.9 Å². The van der Waals surface area contributed by atoms with Gasteiger partial charge in [-0.25, -0.2) is 4.98 Å². The van der Waals surface area contributed by atoms with E-state index in [1.807, 2.05) is 6.20 Å². The fraction of sp³-hybridized carbons (Fsp3) is 0.308. The maximum absolute atomic E-state index is 5.81. The van der Waals surface area contributed by atoms with Crippen LogP contribution in [0.15, 0.2) is 24.4 Å². The largest absolute Gasteiger partial charge is 0.380 e. The smallest absolute Gasteiger partial charge is 0.183 e. The van der Waals surface area contributed by atoms with Crippen molar-refractivity contribution in [2.45, 2.75) is 19.6 Å². The molecule has 1 aromatic heterocycles. The molecule has 0 radical (unpaired) electrons. The van der Waals surface area contributed by atoms with Crippen LogP contribution in [-0.2, 0) is 19.6 Å². The zero-order valence-corrected chi connectivity index (χ0v) is 11.7. The third-order valence-corrected chi connectivity index (χ3v) is 4.19. The first-order valence-corrected chi connectivity index (χ1v) is 7.04. The molecule has 1 N–H and O–H groups in total. The number of nitrogens with one attached hydrogen (secondary N) is 1. The van der Waals surface area contributed by atoms with Crippen LogP contribution in [0.5, 0.6) is 0 Å². The van der Waals surface area contributed by atoms with E-state index in [1.165, 1.54) is 22.5 Å². The standard InChI is InChI=1S/C13H14ClN3S/c1-17-7-9-2-3-11(4-10(9)8-17)15-5-12-6-16-13(14)18-12/h2-4,6,15H,5,7-8H2,1H3. The molecule has 1 aliphatic rings. The lowest BCUT2D eigenvalue weighted by molar-refractivity contribution is 0.353. The Morgan fingerprint density at radius 1 is 1.39 bits per heavy atom. The van der Waals surface area contributed by atoms with E-state index < -0.39 is 0 Å². The van der Waals surface area contributed by atoms with Gasteiger partial charge in [-0.15, -0.1) is 11.3 Å². The molecule has 18 heavy (non-hydrogen) atoms. The van der Waals surface area contributed by atoms with E-state index in [1.54, 1.807) is 0 Å². The van der Waals surface area contributed by atoms with Gasteiger partial charge in [-0.05, 0) is 30.3 Å². The highest BCUT2D eigenvalue weighted by atomic mass is 35.5. The van der Waals surface area contributed by atoms with Crippen molar-refractivity contribution in [3.8, 4) is 0 Å². The Hall–Kier alpha value is -1.10. The molecule has 2 heterocycles. The molecule has 0 amide bonds. The van der Waals surface area contributed by atoms with Gasteiger partial charge in [0.25, 0.3) is 0 Å². The van der Waals surface area contributed by atoms with Crippen LogP contribution >= 0.6 is 22.9 Å². The van der Waals surface area contributed by atoms with Crippen molar-refractivity contribution >= 4 is 28.6 Å². The molecule has 1 aliphatic heterocycles. The van der Waals surface area contributed by atoms with Crippen LogP contribution in [0.2, 0.25) is 4.47 Å². The van der Waals surface area contributed by atoms with Crippen molar-refractivity contribution in [3.05, 3.63) is 44.9 Å². The number of hydrogen-bond acceptors (Lipinski definition) is 4. The Kier molecular flexibility index (Phi) is 3.24. The molecule has 1 aromatic carbocycles. The minimum atomic E-state index is 0.599. The maximum atomic E-state index is 5.81. The van der Waals surface area contributed by atoms with Crippen molar-refractivity contribution in [2.24, 2.45) is 0 Å². The highest BCUT2D eigenvalue weighted by Crippen LogP contribution is 2.25. The number of aromatic nitrogens is 1. The van der Waals surface area contributed by atoms with Gasteiger partial charge in [-0.1, -0.05) is 17.7 Å². The fourth-order valence-corrected chi connectivity index (χ4v) is 3.15. The molecule has 0 saturated heterocycles. The van der Waals surface area contributed by atoms with Crippen molar-refractivity contribution in [1.29, 1.82) is 0 Å². The monoisotopic (exact) mass is 279 g/mol. The fourth-order valence-electron chi connectivity index (χ4n) is 2.23. The average Bonchev–Trinajstić information content (AvgIpc) is 2.90. The molecule has 2 aromatic rings. The van der Waals surface area contributed by atoms with Crippen molar-refractivity contribution in [1.82, 2.24) is 9.88 Å². The first kappa shape index (κ1) is 12.0. The lowest BCUT2D eigenvalue weighted by Gasteiger charge is -2.06. The normalized spacial score (nSPS) is 14.8. The Morgan fingerprint density at radius 3 is 3.00 bits per heavy atom. The van der Waals surface area contributed by atoms with Crippen LogP contribution < -0.4 is 5.32 Å². The molecule has 5 heteroatoms. The van der Waals surface area contributed by atoms with Crippen LogP contribution in [-0.4, -0.2) is 16.9 Å². The molecule has 0 saturated carbocycles. The minimum absolute atomic E-state index is 0.599. The first-order chi connectivity index (χ1) is 8.70. The summed E-state index contributed by atoms with van der Waals surface area (Å²) in [5, 5.41) is 3.41. The highest BCUT2D eigenvalue weighted by Gasteiger charge is 2.15. The summed E-state index contributed by atoms with van der Waals surface area (Å²) in [5.41, 5.74) is 4.02. The molecule has 0 fully saturated rings. The second-order valence-electron chi connectivity index (χ2n) is 4.59. The topological polar surface area (TPSA) is 28.2 Å². The summed E-state index contributed by atoms with van der Waals surface area (Å²) >= 11 is 7.33. The molecule has 0 aliphatic carbocycles. The maximum Gasteiger partial charge on any atom is 0.183 e. The third kappa shape index (κ3) is 2.51. The first-order valence-electron chi connectivity index (χ1n) is 5.85. The van der Waals surface area contributed by atoms with Crippen molar-refractivity contribution < 1.29 is 0 Å². The summed E-state index contributed by atoms with van der Waals surface area (Å²) in [6, 6.07) is 6.59. The van der Waals surface area contributed by atoms with Crippen LogP contribution in [0.25, 0.3) is 0 Å². The van der Waals surface area contributed by atoms with Gasteiger partial charge in [-0.2, -0.15) is 0 Å². The molecule has 0 atom stereocenters. The second-order valence-corrected chi connectivity index (χ2v) is 6.29. The summed E-state index contributed by atoms with van der Waals surface area (Å²) in [4.78, 5) is 7.50. The summed E-state index contributed by atoms with van der Waals surface area (Å²) < 4.78 is 0.599. The number of halogens is 1. The Balaban J connectivity index is 1.69. The molecule has 0 spiro atoms. The molecular weight excluding hydrogens is 266 g/mol. The highest BCUT2D eigenvalue weighted by molar-refractivity contribution is 7.15. The quantitative estimate of drug-likeness (QED) is 0.934. The number of fused-ring (bicyclic) bond motifs is 1. The van der Waals surface area contributed by atoms with Crippen LogP contribution in [0.1, 0.15) is 16.0 Å². The van der Waals surface area contributed by atoms with Crippen molar-refractivity contribution in [3.63, 3.8) is 0 Å². The van der Waals surface area contributed by atoms with E-state index in [-0.39, 0.29) is 0 Å². The number of nitrogens with zero attached hydrogens (tertiary/aromatic N) is 2. The zero-order valence-electron chi connectivity index (χ0n) is 10.1. The molecule has 0 bridgehead atoms. The lowest BCUT2D eigenvalue weighted by atomic mass is 10.1. The Bertz CT molecular complexity index is 567. The van der Waals surface area contributed by atoms with E-state index in [2.05, 4.69) is 40.4 Å². The third-order valence-electron chi connectivity index (χ3n) is 3.08. The zero-order chi connectivity index (χ0) is 12.5. The number of anilines is 1. The van der Waals surface area contributed by atoms with E-state index >= 15 is 0 Å². The summed E-state index contributed by atoms with van der Waals surface area (Å²) in [7, 11) is 2.15. The van der Waals surface area contributed by atoms with Gasteiger partial charge in [0.05, 0.1) is 6.54 Å². The average molecular weight is 280 g/mol. The predicted molar refractivity (Wildman–Crippen MR) is 76.1 cm³/mol. The van der Waals surface area contributed by atoms with Crippen LogP contribution in [0.4, 0.5) is 5.69 Å². The summed E-state index contributed by atoms with van der Waals surface area (Å²) in [6.07, 6.45) is 1.82. The minimum Gasteiger partial charge on any atom is -0.380 e. The van der Waals surface area contributed by atoms with Gasteiger partial charge in [0.15, 0.2) is 4.47 Å². The summed E-state index contributed by atoms with van der Waals surface area (Å²) in [5.74, 6) is 0. The summed E-state index contributed by atoms with van der Waals surface area (Å²) in [6.45, 7) is 2.87. The van der Waals surface area contributed by atoms with Crippen molar-refractivity contribution in [2.75, 3.05) is 12.4 Å². The molecule has 3 nitrogen and oxygen atoms in total. The SMILES string of the molecule is CN1Cc2ccc(NCc3cnc(Cl)s3)cc2C1. The Morgan fingerprint density at radius 2 is 2.22 bits per heavy atom. The van der Waals surface area contributed by atoms with Gasteiger partial charge >= 0.3 is 0 Å². The molecular formula is C13H14ClN3S. The number of thiazole rings is 1. The molecule has 0 unspecified atom stereocenters. The van der Waals surface area contributed by atoms with Gasteiger partial charge < -0.3 is 5.32 Å². The molecule has 3 rings (SSSR count). The second kappa shape index (κ2) is 4.88. The van der Waals surface area contributed by atoms with E-state index in [4.69, 9.17) is 11.6 Å². The van der Waals surface area contributed by atoms with Gasteiger partial charge in [0.1, 0.15) is 0 Å². The number of hydrogen-bond donors (Lipinski definition) is 1. The van der Waals surface area contributed by atoms with E-state index in [0.29, 0.717) is 4.47 Å². The van der Waals surface area contributed by atoms with E-state index in [0.717, 1.165) is 30.2 Å². The number of benzene rings is 1. The molecule has 94 valence electrons. The lowest BCUT2D eigenvalue weighted by Crippen LogP contribution is -2.07. The number of rotatable bonds is 3. The van der Waals surface area contributed by atoms with Gasteiger partial charge in [0.2, 0.25) is 0 Å². The Labute approximate surface area is 115 Å². The van der Waals surface area contributed by atoms with E-state index in [9.17, 15) is 0 Å². The van der Waals surface area contributed by atoms with Gasteiger partial charge in [-0.3, -0.25) is 4.90 Å².